The topological polar surface area (TPSA) is 6.48 Å². The summed E-state index contributed by atoms with van der Waals surface area (Å²) < 4.78 is 0. The van der Waals surface area contributed by atoms with Crippen LogP contribution in [0.2, 0.25) is 0 Å². The summed E-state index contributed by atoms with van der Waals surface area (Å²) in [5.41, 5.74) is 4.91. The number of benzene rings is 2. The maximum Gasteiger partial charge on any atom is 0.0672 e. The monoisotopic (exact) mass is 266 g/mol. The largest absolute Gasteiger partial charge is 0.376 e. The highest BCUT2D eigenvalue weighted by Gasteiger charge is 2.09. The van der Waals surface area contributed by atoms with E-state index in [1.165, 1.54) is 22.5 Å². The van der Waals surface area contributed by atoms with Crippen LogP contribution in [-0.2, 0) is 0 Å². The third-order valence-corrected chi connectivity index (χ3v) is 3.23. The Morgan fingerprint density at radius 1 is 0.700 bits per heavy atom. The molecule has 0 N–H and O–H groups in total. The Balaban J connectivity index is 2.41. The molecule has 0 aliphatic carbocycles. The summed E-state index contributed by atoms with van der Waals surface area (Å²) in [6.07, 6.45) is 4.33. The third-order valence-electron chi connectivity index (χ3n) is 3.23. The van der Waals surface area contributed by atoms with Crippen molar-refractivity contribution in [2.24, 2.45) is 0 Å². The summed E-state index contributed by atoms with van der Waals surface area (Å²) in [7, 11) is 8.32. The molecule has 2 rings (SSSR count). The van der Waals surface area contributed by atoms with Crippen LogP contribution in [0.25, 0.3) is 12.2 Å². The highest BCUT2D eigenvalue weighted by Crippen LogP contribution is 2.31. The second-order valence-corrected chi connectivity index (χ2v) is 5.25. The predicted molar refractivity (Wildman–Crippen MR) is 90.5 cm³/mol. The number of rotatable bonds is 4. The van der Waals surface area contributed by atoms with Gasteiger partial charge in [-0.05, 0) is 17.2 Å². The normalized spacial score (nSPS) is 10.8. The van der Waals surface area contributed by atoms with Crippen LogP contribution >= 0.6 is 0 Å². The second kappa shape index (κ2) is 6.29. The Kier molecular flexibility index (Phi) is 4.46. The summed E-state index contributed by atoms with van der Waals surface area (Å²) >= 11 is 0. The van der Waals surface area contributed by atoms with Crippen molar-refractivity contribution in [3.63, 3.8) is 0 Å². The van der Waals surface area contributed by atoms with Gasteiger partial charge in [0.05, 0.1) is 11.4 Å². The lowest BCUT2D eigenvalue weighted by molar-refractivity contribution is 1.07. The van der Waals surface area contributed by atoms with E-state index in [0.717, 1.165) is 0 Å². The first-order chi connectivity index (χ1) is 9.59. The van der Waals surface area contributed by atoms with Gasteiger partial charge in [0.2, 0.25) is 0 Å². The molecule has 0 saturated heterocycles. The van der Waals surface area contributed by atoms with Crippen LogP contribution in [0.1, 0.15) is 11.1 Å². The Morgan fingerprint density at radius 2 is 1.40 bits per heavy atom. The number of nitrogens with zero attached hydrogens (tertiary/aromatic N) is 2. The maximum atomic E-state index is 2.18. The minimum atomic E-state index is 1.22. The molecule has 2 aromatic carbocycles. The van der Waals surface area contributed by atoms with Gasteiger partial charge in [-0.3, -0.25) is 0 Å². The molecular weight excluding hydrogens is 244 g/mol. The molecule has 104 valence electrons. The van der Waals surface area contributed by atoms with Gasteiger partial charge in [0.25, 0.3) is 0 Å². The average Bonchev–Trinajstić information content (AvgIpc) is 2.45. The first-order valence-corrected chi connectivity index (χ1v) is 6.80. The van der Waals surface area contributed by atoms with E-state index in [-0.39, 0.29) is 0 Å². The maximum absolute atomic E-state index is 2.18. The van der Waals surface area contributed by atoms with Crippen molar-refractivity contribution in [1.29, 1.82) is 0 Å². The van der Waals surface area contributed by atoms with Crippen LogP contribution in [0.4, 0.5) is 11.4 Å². The molecule has 0 aromatic heterocycles. The fourth-order valence-electron chi connectivity index (χ4n) is 2.28. The van der Waals surface area contributed by atoms with Gasteiger partial charge in [-0.1, -0.05) is 54.6 Å². The quantitative estimate of drug-likeness (QED) is 0.772. The molecule has 20 heavy (non-hydrogen) atoms. The van der Waals surface area contributed by atoms with Crippen molar-refractivity contribution in [2.45, 2.75) is 0 Å². The molecule has 0 aliphatic rings. The lowest BCUT2D eigenvalue weighted by Crippen LogP contribution is -2.17. The number of anilines is 2. The molecule has 2 aromatic rings. The SMILES string of the molecule is CN(C)c1cccc(C=Cc2ccccc2)c1N(C)C. The minimum absolute atomic E-state index is 1.22. The van der Waals surface area contributed by atoms with Crippen molar-refractivity contribution < 1.29 is 0 Å². The van der Waals surface area contributed by atoms with Crippen LogP contribution in [-0.4, -0.2) is 28.2 Å². The predicted octanol–water partition coefficient (Wildman–Crippen LogP) is 3.99. The fourth-order valence-corrected chi connectivity index (χ4v) is 2.28. The molecule has 0 amide bonds. The van der Waals surface area contributed by atoms with E-state index < -0.39 is 0 Å². The molecule has 0 unspecified atom stereocenters. The molecule has 0 bridgehead atoms. The fraction of sp³-hybridized carbons (Fsp3) is 0.222. The lowest BCUT2D eigenvalue weighted by atomic mass is 10.1. The zero-order valence-corrected chi connectivity index (χ0v) is 12.7. The van der Waals surface area contributed by atoms with Crippen LogP contribution in [0.5, 0.6) is 0 Å². The van der Waals surface area contributed by atoms with Crippen molar-refractivity contribution >= 4 is 23.5 Å². The van der Waals surface area contributed by atoms with Crippen molar-refractivity contribution in [3.05, 3.63) is 59.7 Å². The first kappa shape index (κ1) is 14.2. The molecule has 0 atom stereocenters. The highest BCUT2D eigenvalue weighted by atomic mass is 15.1. The summed E-state index contributed by atoms with van der Waals surface area (Å²) in [4.78, 5) is 4.31. The summed E-state index contributed by atoms with van der Waals surface area (Å²) in [5, 5.41) is 0. The molecule has 0 aliphatic heterocycles. The molecule has 0 spiro atoms. The van der Waals surface area contributed by atoms with Crippen molar-refractivity contribution in [1.82, 2.24) is 0 Å². The van der Waals surface area contributed by atoms with Gasteiger partial charge < -0.3 is 9.80 Å². The van der Waals surface area contributed by atoms with E-state index >= 15 is 0 Å². The molecule has 0 heterocycles. The molecule has 0 fully saturated rings. The van der Waals surface area contributed by atoms with Gasteiger partial charge in [0, 0.05) is 28.2 Å². The van der Waals surface area contributed by atoms with Crippen LogP contribution in [0, 0.1) is 0 Å². The van der Waals surface area contributed by atoms with Crippen LogP contribution < -0.4 is 9.80 Å². The Labute approximate surface area is 122 Å². The highest BCUT2D eigenvalue weighted by molar-refractivity contribution is 5.84. The van der Waals surface area contributed by atoms with Gasteiger partial charge in [-0.15, -0.1) is 0 Å². The number of hydrogen-bond acceptors (Lipinski definition) is 2. The van der Waals surface area contributed by atoms with E-state index in [4.69, 9.17) is 0 Å². The smallest absolute Gasteiger partial charge is 0.0672 e. The Bertz CT molecular complexity index is 584. The van der Waals surface area contributed by atoms with E-state index in [2.05, 4.69) is 92.6 Å². The molecule has 0 saturated carbocycles. The van der Waals surface area contributed by atoms with Gasteiger partial charge in [-0.2, -0.15) is 0 Å². The average molecular weight is 266 g/mol. The molecule has 2 nitrogen and oxygen atoms in total. The van der Waals surface area contributed by atoms with Gasteiger partial charge in [-0.25, -0.2) is 0 Å². The summed E-state index contributed by atoms with van der Waals surface area (Å²) in [5.74, 6) is 0. The Hall–Kier alpha value is -2.22. The Morgan fingerprint density at radius 3 is 2.00 bits per heavy atom. The molecular formula is C18H22N2. The first-order valence-electron chi connectivity index (χ1n) is 6.80. The van der Waals surface area contributed by atoms with E-state index in [0.29, 0.717) is 0 Å². The van der Waals surface area contributed by atoms with Crippen LogP contribution in [0.3, 0.4) is 0 Å². The third kappa shape index (κ3) is 3.21. The zero-order valence-electron chi connectivity index (χ0n) is 12.7. The van der Waals surface area contributed by atoms with Gasteiger partial charge in [0.1, 0.15) is 0 Å². The standard InChI is InChI=1S/C18H22N2/c1-19(2)17-12-8-11-16(18(17)20(3)4)14-13-15-9-6-5-7-10-15/h5-14H,1-4H3. The van der Waals surface area contributed by atoms with Crippen molar-refractivity contribution in [2.75, 3.05) is 38.0 Å². The summed E-state index contributed by atoms with van der Waals surface area (Å²) in [6.45, 7) is 0. The van der Waals surface area contributed by atoms with E-state index in [1.54, 1.807) is 0 Å². The van der Waals surface area contributed by atoms with E-state index in [9.17, 15) is 0 Å². The summed E-state index contributed by atoms with van der Waals surface area (Å²) in [6, 6.07) is 16.8. The van der Waals surface area contributed by atoms with Gasteiger partial charge in [0.15, 0.2) is 0 Å². The van der Waals surface area contributed by atoms with Crippen molar-refractivity contribution in [3.8, 4) is 0 Å². The zero-order chi connectivity index (χ0) is 14.5. The number of para-hydroxylation sites is 1. The molecule has 0 radical (unpaired) electrons. The van der Waals surface area contributed by atoms with Gasteiger partial charge >= 0.3 is 0 Å². The minimum Gasteiger partial charge on any atom is -0.376 e. The second-order valence-electron chi connectivity index (χ2n) is 5.25. The molecule has 2 heteroatoms. The lowest BCUT2D eigenvalue weighted by Gasteiger charge is -2.24. The van der Waals surface area contributed by atoms with E-state index in [1.807, 2.05) is 6.07 Å². The number of hydrogen-bond donors (Lipinski definition) is 0. The van der Waals surface area contributed by atoms with Crippen LogP contribution in [0.15, 0.2) is 48.5 Å².